The molecule has 3 rings (SSSR count). The highest BCUT2D eigenvalue weighted by Gasteiger charge is 2.20. The molecule has 0 spiro atoms. The van der Waals surface area contributed by atoms with Crippen molar-refractivity contribution in [3.63, 3.8) is 0 Å². The van der Waals surface area contributed by atoms with Crippen LogP contribution in [0.2, 0.25) is 0 Å². The molecule has 0 aliphatic rings. The summed E-state index contributed by atoms with van der Waals surface area (Å²) in [5.74, 6) is -1.84. The number of nitrogens with zero attached hydrogens (tertiary/aromatic N) is 3. The van der Waals surface area contributed by atoms with Crippen molar-refractivity contribution in [1.82, 2.24) is 20.1 Å². The predicted octanol–water partition coefficient (Wildman–Crippen LogP) is 3.35. The molecule has 0 fully saturated rings. The standard InChI is InChI=1S/C19H18F2N4O2/c1-11(24-19(26)18-17(21)8-13(20)9-22-18)16-10-23-25(12(16)2)14-4-6-15(27-3)7-5-14/h4-11H,1-3H3,(H,24,26)/t11-/m1/s1. The fourth-order valence-electron chi connectivity index (χ4n) is 2.76. The maximum absolute atomic E-state index is 13.7. The topological polar surface area (TPSA) is 69.0 Å². The molecule has 0 aliphatic carbocycles. The van der Waals surface area contributed by atoms with Gasteiger partial charge in [-0.3, -0.25) is 4.79 Å². The molecule has 3 aromatic rings. The van der Waals surface area contributed by atoms with E-state index >= 15 is 0 Å². The molecule has 0 radical (unpaired) electrons. The number of halogens is 2. The summed E-state index contributed by atoms with van der Waals surface area (Å²) in [5, 5.41) is 7.02. The van der Waals surface area contributed by atoms with E-state index < -0.39 is 29.3 Å². The van der Waals surface area contributed by atoms with E-state index in [0.29, 0.717) is 6.07 Å². The summed E-state index contributed by atoms with van der Waals surface area (Å²) in [4.78, 5) is 15.8. The number of aromatic nitrogens is 3. The second-order valence-electron chi connectivity index (χ2n) is 5.97. The molecule has 1 N–H and O–H groups in total. The number of amides is 1. The van der Waals surface area contributed by atoms with Gasteiger partial charge in [0.2, 0.25) is 0 Å². The Labute approximate surface area is 154 Å². The maximum atomic E-state index is 13.7. The van der Waals surface area contributed by atoms with Crippen LogP contribution in [-0.4, -0.2) is 27.8 Å². The predicted molar refractivity (Wildman–Crippen MR) is 94.9 cm³/mol. The van der Waals surface area contributed by atoms with Gasteiger partial charge in [0, 0.05) is 17.3 Å². The van der Waals surface area contributed by atoms with E-state index in [-0.39, 0.29) is 0 Å². The minimum Gasteiger partial charge on any atom is -0.497 e. The van der Waals surface area contributed by atoms with Gasteiger partial charge in [0.25, 0.3) is 5.91 Å². The number of hydrogen-bond acceptors (Lipinski definition) is 4. The highest BCUT2D eigenvalue weighted by molar-refractivity contribution is 5.92. The Kier molecular flexibility index (Phi) is 5.16. The van der Waals surface area contributed by atoms with Gasteiger partial charge in [0.05, 0.1) is 31.2 Å². The van der Waals surface area contributed by atoms with Crippen LogP contribution in [-0.2, 0) is 0 Å². The van der Waals surface area contributed by atoms with Crippen molar-refractivity contribution >= 4 is 5.91 Å². The average molecular weight is 372 g/mol. The van der Waals surface area contributed by atoms with E-state index in [1.807, 2.05) is 31.2 Å². The van der Waals surface area contributed by atoms with Gasteiger partial charge >= 0.3 is 0 Å². The molecule has 0 unspecified atom stereocenters. The van der Waals surface area contributed by atoms with Gasteiger partial charge in [-0.15, -0.1) is 0 Å². The molecule has 8 heteroatoms. The summed E-state index contributed by atoms with van der Waals surface area (Å²) < 4.78 is 33.6. The molecule has 1 atom stereocenters. The molecule has 0 saturated heterocycles. The number of nitrogens with one attached hydrogen (secondary N) is 1. The zero-order valence-corrected chi connectivity index (χ0v) is 15.0. The molecule has 0 bridgehead atoms. The smallest absolute Gasteiger partial charge is 0.273 e. The summed E-state index contributed by atoms with van der Waals surface area (Å²) in [5.41, 5.74) is 1.97. The van der Waals surface area contributed by atoms with Crippen molar-refractivity contribution in [3.05, 3.63) is 71.3 Å². The van der Waals surface area contributed by atoms with Crippen LogP contribution in [0, 0.1) is 18.6 Å². The lowest BCUT2D eigenvalue weighted by Crippen LogP contribution is -2.28. The van der Waals surface area contributed by atoms with E-state index in [1.54, 1.807) is 24.9 Å². The van der Waals surface area contributed by atoms with Gasteiger partial charge in [0.15, 0.2) is 11.5 Å². The first-order valence-electron chi connectivity index (χ1n) is 8.21. The maximum Gasteiger partial charge on any atom is 0.273 e. The number of carbonyl (C=O) groups excluding carboxylic acids is 1. The van der Waals surface area contributed by atoms with Gasteiger partial charge in [0.1, 0.15) is 11.6 Å². The SMILES string of the molecule is COc1ccc(-n2ncc([C@@H](C)NC(=O)c3ncc(F)cc3F)c2C)cc1. The van der Waals surface area contributed by atoms with Gasteiger partial charge in [-0.05, 0) is 38.1 Å². The van der Waals surface area contributed by atoms with Crippen molar-refractivity contribution in [2.75, 3.05) is 7.11 Å². The van der Waals surface area contributed by atoms with Crippen molar-refractivity contribution in [2.24, 2.45) is 0 Å². The van der Waals surface area contributed by atoms with Crippen molar-refractivity contribution in [1.29, 1.82) is 0 Å². The molecular weight excluding hydrogens is 354 g/mol. The summed E-state index contributed by atoms with van der Waals surface area (Å²) in [7, 11) is 1.59. The Bertz CT molecular complexity index is 970. The molecular formula is C19H18F2N4O2. The highest BCUT2D eigenvalue weighted by Crippen LogP contribution is 2.22. The van der Waals surface area contributed by atoms with E-state index in [0.717, 1.165) is 28.9 Å². The molecule has 140 valence electrons. The average Bonchev–Trinajstić information content (AvgIpc) is 3.03. The first-order valence-corrected chi connectivity index (χ1v) is 8.21. The van der Waals surface area contributed by atoms with Crippen molar-refractivity contribution in [2.45, 2.75) is 19.9 Å². The lowest BCUT2D eigenvalue weighted by Gasteiger charge is -2.14. The highest BCUT2D eigenvalue weighted by atomic mass is 19.1. The molecule has 6 nitrogen and oxygen atoms in total. The van der Waals surface area contributed by atoms with E-state index in [9.17, 15) is 13.6 Å². The Morgan fingerprint density at radius 1 is 1.22 bits per heavy atom. The third kappa shape index (κ3) is 3.79. The molecule has 0 aliphatic heterocycles. The quantitative estimate of drug-likeness (QED) is 0.746. The van der Waals surface area contributed by atoms with Crippen LogP contribution in [0.15, 0.2) is 42.7 Å². The van der Waals surface area contributed by atoms with Crippen LogP contribution in [0.3, 0.4) is 0 Å². The third-order valence-corrected chi connectivity index (χ3v) is 4.20. The lowest BCUT2D eigenvalue weighted by molar-refractivity contribution is 0.0930. The number of ether oxygens (including phenoxy) is 1. The number of carbonyl (C=O) groups is 1. The Morgan fingerprint density at radius 2 is 1.93 bits per heavy atom. The third-order valence-electron chi connectivity index (χ3n) is 4.20. The summed E-state index contributed by atoms with van der Waals surface area (Å²) in [6, 6.07) is 7.55. The largest absolute Gasteiger partial charge is 0.497 e. The second kappa shape index (κ2) is 7.53. The first kappa shape index (κ1) is 18.5. The van der Waals surface area contributed by atoms with Gasteiger partial charge < -0.3 is 10.1 Å². The minimum absolute atomic E-state index is 0.448. The normalized spacial score (nSPS) is 11.9. The number of hydrogen-bond donors (Lipinski definition) is 1. The fraction of sp³-hybridized carbons (Fsp3) is 0.211. The molecule has 27 heavy (non-hydrogen) atoms. The molecule has 1 amide bonds. The van der Waals surface area contributed by atoms with Crippen LogP contribution < -0.4 is 10.1 Å². The fourth-order valence-corrected chi connectivity index (χ4v) is 2.76. The summed E-state index contributed by atoms with van der Waals surface area (Å²) in [6.07, 6.45) is 2.44. The lowest BCUT2D eigenvalue weighted by atomic mass is 10.1. The van der Waals surface area contributed by atoms with Crippen LogP contribution in [0.5, 0.6) is 5.75 Å². The van der Waals surface area contributed by atoms with E-state index in [2.05, 4.69) is 15.4 Å². The van der Waals surface area contributed by atoms with Gasteiger partial charge in [-0.25, -0.2) is 18.4 Å². The minimum atomic E-state index is -1.01. The Morgan fingerprint density at radius 3 is 2.56 bits per heavy atom. The zero-order valence-electron chi connectivity index (χ0n) is 15.0. The Hall–Kier alpha value is -3.29. The number of pyridine rings is 1. The summed E-state index contributed by atoms with van der Waals surface area (Å²) >= 11 is 0. The molecule has 2 aromatic heterocycles. The molecule has 0 saturated carbocycles. The Balaban J connectivity index is 1.80. The van der Waals surface area contributed by atoms with Crippen LogP contribution in [0.4, 0.5) is 8.78 Å². The number of rotatable bonds is 5. The van der Waals surface area contributed by atoms with Crippen molar-refractivity contribution < 1.29 is 18.3 Å². The first-order chi connectivity index (χ1) is 12.9. The summed E-state index contributed by atoms with van der Waals surface area (Å²) in [6.45, 7) is 3.62. The van der Waals surface area contributed by atoms with Crippen LogP contribution >= 0.6 is 0 Å². The second-order valence-corrected chi connectivity index (χ2v) is 5.97. The van der Waals surface area contributed by atoms with E-state index in [4.69, 9.17) is 4.74 Å². The molecule has 1 aromatic carbocycles. The van der Waals surface area contributed by atoms with Crippen LogP contribution in [0.1, 0.15) is 34.7 Å². The number of benzene rings is 1. The molecule has 2 heterocycles. The number of methoxy groups -OCH3 is 1. The van der Waals surface area contributed by atoms with Gasteiger partial charge in [-0.1, -0.05) is 0 Å². The van der Waals surface area contributed by atoms with Crippen LogP contribution in [0.25, 0.3) is 5.69 Å². The monoisotopic (exact) mass is 372 g/mol. The van der Waals surface area contributed by atoms with Gasteiger partial charge in [-0.2, -0.15) is 5.10 Å². The zero-order chi connectivity index (χ0) is 19.6. The van der Waals surface area contributed by atoms with Crippen molar-refractivity contribution in [3.8, 4) is 11.4 Å². The van der Waals surface area contributed by atoms with E-state index in [1.165, 1.54) is 0 Å².